The summed E-state index contributed by atoms with van der Waals surface area (Å²) in [6.45, 7) is 0. The fraction of sp³-hybridized carbons (Fsp3) is 0.143. The average molecular weight is 187 g/mol. The van der Waals surface area contributed by atoms with Crippen molar-refractivity contribution in [2.24, 2.45) is 0 Å². The number of rotatable bonds is 2. The summed E-state index contributed by atoms with van der Waals surface area (Å²) in [5.41, 5.74) is 6.19. The van der Waals surface area contributed by atoms with Crippen molar-refractivity contribution >= 4 is 23.3 Å². The van der Waals surface area contributed by atoms with Crippen molar-refractivity contribution in [3.63, 3.8) is 0 Å². The monoisotopic (exact) mass is 186 g/mol. The number of hydrogen-bond acceptors (Lipinski definition) is 3. The third kappa shape index (κ3) is 2.10. The van der Waals surface area contributed by atoms with Crippen LogP contribution in [0.4, 0.5) is 5.69 Å². The van der Waals surface area contributed by atoms with Crippen molar-refractivity contribution in [1.82, 2.24) is 4.98 Å². The molecule has 0 amide bonds. The lowest BCUT2D eigenvalue weighted by atomic mass is 10.2. The molecule has 3 N–H and O–H groups in total. The molecule has 1 aromatic rings. The number of nitrogen functional groups attached to an aromatic ring is 1. The fourth-order valence-electron chi connectivity index (χ4n) is 0.751. The Kier molecular flexibility index (Phi) is 2.50. The lowest BCUT2D eigenvalue weighted by Crippen LogP contribution is -2.03. The summed E-state index contributed by atoms with van der Waals surface area (Å²) in [4.78, 5) is 14.0. The smallest absolute Gasteiger partial charge is 0.309 e. The van der Waals surface area contributed by atoms with E-state index >= 15 is 0 Å². The van der Waals surface area contributed by atoms with Crippen LogP contribution in [0.5, 0.6) is 0 Å². The molecule has 0 atom stereocenters. The molecule has 12 heavy (non-hydrogen) atoms. The number of pyridine rings is 1. The van der Waals surface area contributed by atoms with E-state index < -0.39 is 5.97 Å². The van der Waals surface area contributed by atoms with Gasteiger partial charge in [0.05, 0.1) is 22.8 Å². The highest BCUT2D eigenvalue weighted by molar-refractivity contribution is 6.32. The second-order valence-corrected chi connectivity index (χ2v) is 2.67. The summed E-state index contributed by atoms with van der Waals surface area (Å²) >= 11 is 5.58. The number of halogens is 1. The van der Waals surface area contributed by atoms with E-state index in [0.29, 0.717) is 16.4 Å². The molecule has 1 aromatic heterocycles. The number of carboxylic acids is 1. The van der Waals surface area contributed by atoms with Gasteiger partial charge in [-0.25, -0.2) is 0 Å². The Hall–Kier alpha value is -1.29. The predicted octanol–water partition coefficient (Wildman–Crippen LogP) is 0.944. The number of aliphatic carboxylic acids is 1. The molecule has 1 heterocycles. The Balaban J connectivity index is 2.89. The standard InChI is InChI=1S/C7H7ClN2O2/c8-5-3-10-4(1-6(5)9)2-7(11)12/h1,3H,2H2,(H2,9,10)(H,11,12). The van der Waals surface area contributed by atoms with Crippen molar-refractivity contribution < 1.29 is 9.90 Å². The molecule has 4 nitrogen and oxygen atoms in total. The first-order valence-electron chi connectivity index (χ1n) is 3.21. The van der Waals surface area contributed by atoms with Crippen LogP contribution in [0.3, 0.4) is 0 Å². The number of anilines is 1. The van der Waals surface area contributed by atoms with Gasteiger partial charge in [-0.05, 0) is 6.07 Å². The minimum Gasteiger partial charge on any atom is -0.481 e. The predicted molar refractivity (Wildman–Crippen MR) is 45.0 cm³/mol. The molecule has 0 aliphatic heterocycles. The second-order valence-electron chi connectivity index (χ2n) is 2.27. The highest BCUT2D eigenvalue weighted by Gasteiger charge is 2.03. The molecule has 1 rings (SSSR count). The van der Waals surface area contributed by atoms with Gasteiger partial charge in [-0.2, -0.15) is 0 Å². The third-order valence-corrected chi connectivity index (χ3v) is 1.59. The van der Waals surface area contributed by atoms with Gasteiger partial charge in [-0.15, -0.1) is 0 Å². The Morgan fingerprint density at radius 3 is 2.92 bits per heavy atom. The number of hydrogen-bond donors (Lipinski definition) is 2. The Labute approximate surface area is 74.0 Å². The van der Waals surface area contributed by atoms with Crippen LogP contribution >= 0.6 is 11.6 Å². The van der Waals surface area contributed by atoms with Crippen molar-refractivity contribution in [3.8, 4) is 0 Å². The summed E-state index contributed by atoms with van der Waals surface area (Å²) < 4.78 is 0. The van der Waals surface area contributed by atoms with E-state index in [1.54, 1.807) is 0 Å². The number of aromatic nitrogens is 1. The Morgan fingerprint density at radius 2 is 2.42 bits per heavy atom. The molecular weight excluding hydrogens is 180 g/mol. The molecule has 0 radical (unpaired) electrons. The van der Waals surface area contributed by atoms with Gasteiger partial charge < -0.3 is 10.8 Å². The molecular formula is C7H7ClN2O2. The van der Waals surface area contributed by atoms with Crippen molar-refractivity contribution in [2.75, 3.05) is 5.73 Å². The van der Waals surface area contributed by atoms with E-state index in [1.165, 1.54) is 12.3 Å². The van der Waals surface area contributed by atoms with E-state index in [9.17, 15) is 4.79 Å². The molecule has 5 heteroatoms. The van der Waals surface area contributed by atoms with Crippen LogP contribution in [-0.2, 0) is 11.2 Å². The molecule has 0 spiro atoms. The topological polar surface area (TPSA) is 76.2 Å². The highest BCUT2D eigenvalue weighted by Crippen LogP contribution is 2.17. The maximum atomic E-state index is 10.3. The van der Waals surface area contributed by atoms with Crippen LogP contribution in [0, 0.1) is 0 Å². The summed E-state index contributed by atoms with van der Waals surface area (Å²) in [6, 6.07) is 1.45. The largest absolute Gasteiger partial charge is 0.481 e. The maximum Gasteiger partial charge on any atom is 0.309 e. The molecule has 0 saturated heterocycles. The number of carbonyl (C=O) groups is 1. The van der Waals surface area contributed by atoms with Gasteiger partial charge in [0.1, 0.15) is 0 Å². The first-order chi connectivity index (χ1) is 5.59. The van der Waals surface area contributed by atoms with Crippen LogP contribution in [-0.4, -0.2) is 16.1 Å². The third-order valence-electron chi connectivity index (χ3n) is 1.27. The summed E-state index contributed by atoms with van der Waals surface area (Å²) in [5, 5.41) is 8.75. The average Bonchev–Trinajstić information content (AvgIpc) is 1.96. The first kappa shape index (κ1) is 8.80. The zero-order chi connectivity index (χ0) is 9.14. The van der Waals surface area contributed by atoms with E-state index in [-0.39, 0.29) is 6.42 Å². The quantitative estimate of drug-likeness (QED) is 0.721. The van der Waals surface area contributed by atoms with Gasteiger partial charge >= 0.3 is 5.97 Å². The Bertz CT molecular complexity index is 314. The fourth-order valence-corrected chi connectivity index (χ4v) is 0.855. The van der Waals surface area contributed by atoms with Crippen LogP contribution < -0.4 is 5.73 Å². The SMILES string of the molecule is Nc1cc(CC(=O)O)ncc1Cl. The Morgan fingerprint density at radius 1 is 1.75 bits per heavy atom. The van der Waals surface area contributed by atoms with Crippen molar-refractivity contribution in [2.45, 2.75) is 6.42 Å². The van der Waals surface area contributed by atoms with Gasteiger partial charge in [0, 0.05) is 6.20 Å². The zero-order valence-electron chi connectivity index (χ0n) is 6.12. The van der Waals surface area contributed by atoms with Gasteiger partial charge in [0.25, 0.3) is 0 Å². The zero-order valence-corrected chi connectivity index (χ0v) is 6.88. The van der Waals surface area contributed by atoms with E-state index in [1.807, 2.05) is 0 Å². The van der Waals surface area contributed by atoms with Gasteiger partial charge in [-0.1, -0.05) is 11.6 Å². The molecule has 64 valence electrons. The van der Waals surface area contributed by atoms with E-state index in [0.717, 1.165) is 0 Å². The molecule has 0 saturated carbocycles. The van der Waals surface area contributed by atoms with Crippen LogP contribution in [0.2, 0.25) is 5.02 Å². The first-order valence-corrected chi connectivity index (χ1v) is 3.59. The minimum atomic E-state index is -0.941. The summed E-state index contributed by atoms with van der Waals surface area (Å²) in [5.74, 6) is -0.941. The number of nitrogens with two attached hydrogens (primary N) is 1. The van der Waals surface area contributed by atoms with E-state index in [2.05, 4.69) is 4.98 Å². The lowest BCUT2D eigenvalue weighted by Gasteiger charge is -1.99. The summed E-state index contributed by atoms with van der Waals surface area (Å²) in [7, 11) is 0. The molecule has 0 aliphatic carbocycles. The van der Waals surface area contributed by atoms with Gasteiger partial charge in [0.2, 0.25) is 0 Å². The lowest BCUT2D eigenvalue weighted by molar-refractivity contribution is -0.136. The van der Waals surface area contributed by atoms with Crippen LogP contribution in [0.1, 0.15) is 5.69 Å². The normalized spacial score (nSPS) is 9.75. The molecule has 0 bridgehead atoms. The van der Waals surface area contributed by atoms with Gasteiger partial charge in [-0.3, -0.25) is 9.78 Å². The van der Waals surface area contributed by atoms with E-state index in [4.69, 9.17) is 22.4 Å². The number of nitrogens with zero attached hydrogens (tertiary/aromatic N) is 1. The number of carboxylic acid groups (broad SMARTS) is 1. The molecule has 0 aliphatic rings. The van der Waals surface area contributed by atoms with Gasteiger partial charge in [0.15, 0.2) is 0 Å². The van der Waals surface area contributed by atoms with Crippen LogP contribution in [0.25, 0.3) is 0 Å². The summed E-state index contributed by atoms with van der Waals surface area (Å²) in [6.07, 6.45) is 1.20. The van der Waals surface area contributed by atoms with Crippen LogP contribution in [0.15, 0.2) is 12.3 Å². The second kappa shape index (κ2) is 3.40. The van der Waals surface area contributed by atoms with Crippen molar-refractivity contribution in [3.05, 3.63) is 23.0 Å². The maximum absolute atomic E-state index is 10.3. The molecule has 0 unspecified atom stereocenters. The molecule has 0 aromatic carbocycles. The molecule has 0 fully saturated rings. The highest BCUT2D eigenvalue weighted by atomic mass is 35.5. The minimum absolute atomic E-state index is 0.138. The van der Waals surface area contributed by atoms with Crippen molar-refractivity contribution in [1.29, 1.82) is 0 Å².